The lowest BCUT2D eigenvalue weighted by atomic mass is 10.2. The fourth-order valence-electron chi connectivity index (χ4n) is 1.61. The van der Waals surface area contributed by atoms with Gasteiger partial charge in [-0.2, -0.15) is 5.10 Å². The summed E-state index contributed by atoms with van der Waals surface area (Å²) in [4.78, 5) is 11.5. The van der Waals surface area contributed by atoms with E-state index in [1.807, 2.05) is 13.2 Å². The number of ether oxygens (including phenoxy) is 2. The highest BCUT2D eigenvalue weighted by molar-refractivity contribution is 5.89. The minimum Gasteiger partial charge on any atom is -0.489 e. The number of rotatable bonds is 5. The summed E-state index contributed by atoms with van der Waals surface area (Å²) in [6.07, 6.45) is 3.65. The van der Waals surface area contributed by atoms with Gasteiger partial charge in [-0.3, -0.25) is 4.68 Å². The van der Waals surface area contributed by atoms with Crippen molar-refractivity contribution in [2.24, 2.45) is 7.05 Å². The van der Waals surface area contributed by atoms with Crippen molar-refractivity contribution >= 4 is 5.97 Å². The normalized spacial score (nSPS) is 10.2. The lowest BCUT2D eigenvalue weighted by molar-refractivity contribution is 0.0526. The molecule has 19 heavy (non-hydrogen) atoms. The number of esters is 1. The molecule has 0 radical (unpaired) electrons. The number of aryl methyl sites for hydroxylation is 1. The minimum atomic E-state index is -0.318. The number of aromatic nitrogens is 2. The van der Waals surface area contributed by atoms with E-state index in [9.17, 15) is 4.79 Å². The monoisotopic (exact) mass is 260 g/mol. The minimum absolute atomic E-state index is 0.318. The fourth-order valence-corrected chi connectivity index (χ4v) is 1.61. The van der Waals surface area contributed by atoms with E-state index in [4.69, 9.17) is 9.47 Å². The van der Waals surface area contributed by atoms with Crippen molar-refractivity contribution in [3.8, 4) is 5.75 Å². The molecular weight excluding hydrogens is 244 g/mol. The van der Waals surface area contributed by atoms with Crippen LogP contribution in [0.5, 0.6) is 5.75 Å². The van der Waals surface area contributed by atoms with Crippen molar-refractivity contribution in [2.45, 2.75) is 13.5 Å². The molecule has 0 saturated carbocycles. The molecule has 5 heteroatoms. The molecule has 2 rings (SSSR count). The highest BCUT2D eigenvalue weighted by atomic mass is 16.5. The predicted octanol–water partition coefficient (Wildman–Crippen LogP) is 2.18. The van der Waals surface area contributed by atoms with E-state index < -0.39 is 0 Å². The number of benzene rings is 1. The predicted molar refractivity (Wildman–Crippen MR) is 69.9 cm³/mol. The van der Waals surface area contributed by atoms with Gasteiger partial charge in [0.15, 0.2) is 0 Å². The van der Waals surface area contributed by atoms with Crippen LogP contribution in [0.25, 0.3) is 0 Å². The van der Waals surface area contributed by atoms with Gasteiger partial charge in [0.25, 0.3) is 0 Å². The molecule has 2 aromatic rings. The van der Waals surface area contributed by atoms with Crippen LogP contribution < -0.4 is 4.74 Å². The second-order valence-electron chi connectivity index (χ2n) is 4.06. The summed E-state index contributed by atoms with van der Waals surface area (Å²) >= 11 is 0. The van der Waals surface area contributed by atoms with E-state index in [-0.39, 0.29) is 5.97 Å². The fraction of sp³-hybridized carbons (Fsp3) is 0.286. The molecular formula is C14H16N2O3. The van der Waals surface area contributed by atoms with Gasteiger partial charge in [0, 0.05) is 18.8 Å². The van der Waals surface area contributed by atoms with Crippen molar-refractivity contribution in [1.29, 1.82) is 0 Å². The van der Waals surface area contributed by atoms with Crippen LogP contribution in [0.3, 0.4) is 0 Å². The van der Waals surface area contributed by atoms with E-state index in [1.54, 1.807) is 42.1 Å². The Balaban J connectivity index is 1.93. The molecule has 1 heterocycles. The first kappa shape index (κ1) is 13.1. The van der Waals surface area contributed by atoms with E-state index in [1.165, 1.54) is 0 Å². The summed E-state index contributed by atoms with van der Waals surface area (Å²) in [6.45, 7) is 2.61. The Hall–Kier alpha value is -2.30. The molecule has 0 N–H and O–H groups in total. The maximum Gasteiger partial charge on any atom is 0.338 e. The number of carbonyl (C=O) groups is 1. The molecule has 0 unspecified atom stereocenters. The molecule has 0 saturated heterocycles. The summed E-state index contributed by atoms with van der Waals surface area (Å²) in [6, 6.07) is 6.89. The first-order valence-electron chi connectivity index (χ1n) is 6.06. The van der Waals surface area contributed by atoms with Crippen LogP contribution in [0.15, 0.2) is 36.7 Å². The van der Waals surface area contributed by atoms with E-state index >= 15 is 0 Å². The molecule has 0 amide bonds. The van der Waals surface area contributed by atoms with Crippen LogP contribution in [0.4, 0.5) is 0 Å². The van der Waals surface area contributed by atoms with Gasteiger partial charge in [-0.25, -0.2) is 4.79 Å². The molecule has 5 nitrogen and oxygen atoms in total. The summed E-state index contributed by atoms with van der Waals surface area (Å²) in [5.74, 6) is 0.387. The summed E-state index contributed by atoms with van der Waals surface area (Å²) < 4.78 is 12.2. The van der Waals surface area contributed by atoms with Crippen LogP contribution in [0.2, 0.25) is 0 Å². The Morgan fingerprint density at radius 3 is 2.63 bits per heavy atom. The second kappa shape index (κ2) is 6.04. The van der Waals surface area contributed by atoms with Gasteiger partial charge in [-0.15, -0.1) is 0 Å². The molecule has 0 bridgehead atoms. The topological polar surface area (TPSA) is 53.4 Å². The van der Waals surface area contributed by atoms with Crippen LogP contribution >= 0.6 is 0 Å². The Morgan fingerprint density at radius 1 is 1.32 bits per heavy atom. The average molecular weight is 260 g/mol. The first-order valence-corrected chi connectivity index (χ1v) is 6.06. The highest BCUT2D eigenvalue weighted by Gasteiger charge is 2.06. The van der Waals surface area contributed by atoms with Crippen molar-refractivity contribution in [1.82, 2.24) is 9.78 Å². The SMILES string of the molecule is CCOC(=O)c1ccc(OCc2cnn(C)c2)cc1. The van der Waals surface area contributed by atoms with Gasteiger partial charge < -0.3 is 9.47 Å². The van der Waals surface area contributed by atoms with E-state index in [2.05, 4.69) is 5.10 Å². The summed E-state index contributed by atoms with van der Waals surface area (Å²) in [5.41, 5.74) is 1.52. The van der Waals surface area contributed by atoms with Gasteiger partial charge in [0.1, 0.15) is 12.4 Å². The zero-order valence-electron chi connectivity index (χ0n) is 11.0. The Bertz CT molecular complexity index is 546. The van der Waals surface area contributed by atoms with Gasteiger partial charge in [-0.1, -0.05) is 0 Å². The van der Waals surface area contributed by atoms with Gasteiger partial charge in [0.2, 0.25) is 0 Å². The van der Waals surface area contributed by atoms with Crippen LogP contribution in [0.1, 0.15) is 22.8 Å². The second-order valence-corrected chi connectivity index (χ2v) is 4.06. The molecule has 0 atom stereocenters. The molecule has 0 aliphatic rings. The van der Waals surface area contributed by atoms with Crippen molar-refractivity contribution in [3.05, 3.63) is 47.8 Å². The zero-order chi connectivity index (χ0) is 13.7. The number of hydrogen-bond donors (Lipinski definition) is 0. The highest BCUT2D eigenvalue weighted by Crippen LogP contribution is 2.14. The standard InChI is InChI=1S/C14H16N2O3/c1-3-18-14(17)12-4-6-13(7-5-12)19-10-11-8-15-16(2)9-11/h4-9H,3,10H2,1-2H3. The molecule has 1 aromatic heterocycles. The molecule has 100 valence electrons. The third-order valence-corrected chi connectivity index (χ3v) is 2.53. The lowest BCUT2D eigenvalue weighted by Gasteiger charge is -2.05. The molecule has 0 aliphatic carbocycles. The van der Waals surface area contributed by atoms with E-state index in [0.717, 1.165) is 5.56 Å². The summed E-state index contributed by atoms with van der Waals surface area (Å²) in [7, 11) is 1.86. The number of carbonyl (C=O) groups excluding carboxylic acids is 1. The van der Waals surface area contributed by atoms with Crippen molar-refractivity contribution < 1.29 is 14.3 Å². The van der Waals surface area contributed by atoms with Gasteiger partial charge in [-0.05, 0) is 31.2 Å². The van der Waals surface area contributed by atoms with Gasteiger partial charge >= 0.3 is 5.97 Å². The van der Waals surface area contributed by atoms with Crippen molar-refractivity contribution in [2.75, 3.05) is 6.61 Å². The van der Waals surface area contributed by atoms with Crippen LogP contribution in [0, 0.1) is 0 Å². The molecule has 0 spiro atoms. The first-order chi connectivity index (χ1) is 9.19. The maximum atomic E-state index is 11.5. The third-order valence-electron chi connectivity index (χ3n) is 2.53. The summed E-state index contributed by atoms with van der Waals surface area (Å²) in [5, 5.41) is 4.06. The smallest absolute Gasteiger partial charge is 0.338 e. The Labute approximate surface area is 111 Å². The third kappa shape index (κ3) is 3.58. The zero-order valence-corrected chi connectivity index (χ0v) is 11.0. The van der Waals surface area contributed by atoms with Crippen LogP contribution in [-0.2, 0) is 18.4 Å². The Morgan fingerprint density at radius 2 is 2.05 bits per heavy atom. The van der Waals surface area contributed by atoms with Crippen molar-refractivity contribution in [3.63, 3.8) is 0 Å². The molecule has 0 aliphatic heterocycles. The molecule has 1 aromatic carbocycles. The quantitative estimate of drug-likeness (QED) is 0.773. The largest absolute Gasteiger partial charge is 0.489 e. The average Bonchev–Trinajstić information content (AvgIpc) is 2.83. The number of hydrogen-bond acceptors (Lipinski definition) is 4. The van der Waals surface area contributed by atoms with Gasteiger partial charge in [0.05, 0.1) is 18.4 Å². The lowest BCUT2D eigenvalue weighted by Crippen LogP contribution is -2.04. The van der Waals surface area contributed by atoms with E-state index in [0.29, 0.717) is 24.5 Å². The molecule has 0 fully saturated rings. The Kier molecular flexibility index (Phi) is 4.18. The number of nitrogens with zero attached hydrogens (tertiary/aromatic N) is 2. The van der Waals surface area contributed by atoms with Crippen LogP contribution in [-0.4, -0.2) is 22.4 Å². The maximum absolute atomic E-state index is 11.5.